The normalized spacial score (nSPS) is 14.2. The molecule has 0 amide bonds. The van der Waals surface area contributed by atoms with Gasteiger partial charge in [0.2, 0.25) is 0 Å². The molecule has 1 aromatic carbocycles. The molecule has 0 aliphatic heterocycles. The van der Waals surface area contributed by atoms with Crippen molar-refractivity contribution >= 4 is 22.0 Å². The second-order valence-corrected chi connectivity index (χ2v) is 4.27. The number of allylic oxidation sites excluding steroid dienone is 1. The van der Waals surface area contributed by atoms with E-state index in [4.69, 9.17) is 0 Å². The summed E-state index contributed by atoms with van der Waals surface area (Å²) in [5.41, 5.74) is 7.29. The number of fused-ring (bicyclic) bond motifs is 1. The third kappa shape index (κ3) is 1.46. The quantitative estimate of drug-likeness (QED) is 0.654. The number of hydrogen-bond donors (Lipinski definition) is 0. The Hall–Kier alpha value is -0.560. The molecule has 0 spiro atoms. The predicted octanol–water partition coefficient (Wildman–Crippen LogP) is 3.64. The van der Waals surface area contributed by atoms with Gasteiger partial charge in [0.25, 0.3) is 0 Å². The minimum atomic E-state index is 1.00. The van der Waals surface area contributed by atoms with Crippen molar-refractivity contribution in [2.45, 2.75) is 20.3 Å². The lowest BCUT2D eigenvalue weighted by molar-refractivity contribution is 1.16. The van der Waals surface area contributed by atoms with E-state index in [1.54, 1.807) is 0 Å². The molecule has 0 unspecified atom stereocenters. The summed E-state index contributed by atoms with van der Waals surface area (Å²) in [6.07, 6.45) is 3.46. The van der Waals surface area contributed by atoms with Gasteiger partial charge in [-0.05, 0) is 42.5 Å². The highest BCUT2D eigenvalue weighted by molar-refractivity contribution is 9.09. The van der Waals surface area contributed by atoms with Crippen LogP contribution in [0.3, 0.4) is 0 Å². The first-order valence-electron chi connectivity index (χ1n) is 4.57. The largest absolute Gasteiger partial charge is 0.0880 e. The van der Waals surface area contributed by atoms with Gasteiger partial charge in [0.1, 0.15) is 0 Å². The van der Waals surface area contributed by atoms with E-state index in [0.717, 1.165) is 11.8 Å². The van der Waals surface area contributed by atoms with Gasteiger partial charge < -0.3 is 0 Å². The van der Waals surface area contributed by atoms with Crippen LogP contribution in [0.4, 0.5) is 0 Å². The van der Waals surface area contributed by atoms with Gasteiger partial charge in [0.15, 0.2) is 0 Å². The summed E-state index contributed by atoms with van der Waals surface area (Å²) in [4.78, 5) is 0. The minimum Gasteiger partial charge on any atom is -0.0880 e. The van der Waals surface area contributed by atoms with Crippen molar-refractivity contribution in [3.63, 3.8) is 0 Å². The zero-order valence-electron chi connectivity index (χ0n) is 8.02. The van der Waals surface area contributed by atoms with Gasteiger partial charge in [-0.1, -0.05) is 39.7 Å². The second kappa shape index (κ2) is 3.30. The molecular weight excluding hydrogens is 224 g/mol. The molecule has 1 aliphatic carbocycles. The highest BCUT2D eigenvalue weighted by atomic mass is 79.9. The van der Waals surface area contributed by atoms with Crippen molar-refractivity contribution in [1.29, 1.82) is 0 Å². The van der Waals surface area contributed by atoms with Gasteiger partial charge in [-0.15, -0.1) is 0 Å². The van der Waals surface area contributed by atoms with E-state index in [1.165, 1.54) is 27.8 Å². The van der Waals surface area contributed by atoms with Crippen molar-refractivity contribution in [2.75, 3.05) is 5.33 Å². The van der Waals surface area contributed by atoms with E-state index in [2.05, 4.69) is 48.0 Å². The highest BCUT2D eigenvalue weighted by Gasteiger charge is 2.15. The lowest BCUT2D eigenvalue weighted by atomic mass is 9.99. The molecule has 0 atom stereocenters. The first-order valence-corrected chi connectivity index (χ1v) is 5.69. The summed E-state index contributed by atoms with van der Waals surface area (Å²) in [5, 5.41) is 1.00. The third-order valence-electron chi connectivity index (χ3n) is 2.73. The first kappa shape index (κ1) is 9.01. The molecular formula is C12H13Br. The Morgan fingerprint density at radius 2 is 1.92 bits per heavy atom. The highest BCUT2D eigenvalue weighted by Crippen LogP contribution is 2.30. The van der Waals surface area contributed by atoms with Crippen LogP contribution in [0.25, 0.3) is 6.08 Å². The fraction of sp³-hybridized carbons (Fsp3) is 0.333. The summed E-state index contributed by atoms with van der Waals surface area (Å²) in [6, 6.07) is 4.43. The average Bonchev–Trinajstić information content (AvgIpc) is 2.56. The molecule has 13 heavy (non-hydrogen) atoms. The molecule has 0 saturated heterocycles. The lowest BCUT2D eigenvalue weighted by Crippen LogP contribution is -1.91. The van der Waals surface area contributed by atoms with Crippen molar-refractivity contribution in [2.24, 2.45) is 0 Å². The summed E-state index contributed by atoms with van der Waals surface area (Å²) < 4.78 is 0. The fourth-order valence-corrected chi connectivity index (χ4v) is 2.25. The van der Waals surface area contributed by atoms with Gasteiger partial charge in [-0.2, -0.15) is 0 Å². The molecule has 0 radical (unpaired) electrons. The van der Waals surface area contributed by atoms with Crippen LogP contribution < -0.4 is 0 Å². The Bertz CT molecular complexity index is 375. The number of alkyl halides is 1. The van der Waals surface area contributed by atoms with Crippen LogP contribution in [0.2, 0.25) is 0 Å². The zero-order chi connectivity index (χ0) is 9.42. The Balaban J connectivity index is 2.54. The molecule has 0 heterocycles. The Morgan fingerprint density at radius 3 is 2.54 bits per heavy atom. The van der Waals surface area contributed by atoms with Crippen LogP contribution in [0.15, 0.2) is 17.7 Å². The van der Waals surface area contributed by atoms with Crippen molar-refractivity contribution in [3.05, 3.63) is 40.0 Å². The van der Waals surface area contributed by atoms with Crippen LogP contribution in [-0.4, -0.2) is 5.33 Å². The van der Waals surface area contributed by atoms with Crippen LogP contribution >= 0.6 is 15.9 Å². The van der Waals surface area contributed by atoms with Gasteiger partial charge in [-0.3, -0.25) is 0 Å². The molecule has 0 fully saturated rings. The Kier molecular flexibility index (Phi) is 2.29. The van der Waals surface area contributed by atoms with Crippen LogP contribution in [-0.2, 0) is 6.42 Å². The molecule has 0 saturated carbocycles. The predicted molar refractivity (Wildman–Crippen MR) is 61.4 cm³/mol. The topological polar surface area (TPSA) is 0 Å². The van der Waals surface area contributed by atoms with Crippen molar-refractivity contribution < 1.29 is 0 Å². The fourth-order valence-electron chi connectivity index (χ4n) is 1.89. The molecule has 1 aliphatic rings. The Labute approximate surface area is 87.8 Å². The molecule has 0 bridgehead atoms. The number of benzene rings is 1. The van der Waals surface area contributed by atoms with Crippen molar-refractivity contribution in [1.82, 2.24) is 0 Å². The lowest BCUT2D eigenvalue weighted by Gasteiger charge is -2.06. The molecule has 0 aromatic heterocycles. The second-order valence-electron chi connectivity index (χ2n) is 3.70. The Morgan fingerprint density at radius 1 is 1.23 bits per heavy atom. The van der Waals surface area contributed by atoms with Gasteiger partial charge in [-0.25, -0.2) is 0 Å². The molecule has 2 rings (SSSR count). The van der Waals surface area contributed by atoms with Crippen LogP contribution in [0, 0.1) is 13.8 Å². The zero-order valence-corrected chi connectivity index (χ0v) is 9.61. The number of aryl methyl sites for hydroxylation is 2. The summed E-state index contributed by atoms with van der Waals surface area (Å²) >= 11 is 3.52. The van der Waals surface area contributed by atoms with E-state index in [0.29, 0.717) is 0 Å². The monoisotopic (exact) mass is 236 g/mol. The summed E-state index contributed by atoms with van der Waals surface area (Å²) in [7, 11) is 0. The van der Waals surface area contributed by atoms with Gasteiger partial charge >= 0.3 is 0 Å². The van der Waals surface area contributed by atoms with Gasteiger partial charge in [0, 0.05) is 5.33 Å². The standard InChI is InChI=1S/C12H13Br/c1-8-3-4-9(2)12-6-10(7-13)5-11(8)12/h3-5H,6-7H2,1-2H3. The SMILES string of the molecule is Cc1ccc(C)c2c1C=C(CBr)C2. The molecule has 68 valence electrons. The summed E-state index contributed by atoms with van der Waals surface area (Å²) in [5.74, 6) is 0. The van der Waals surface area contributed by atoms with Crippen LogP contribution in [0.1, 0.15) is 22.3 Å². The van der Waals surface area contributed by atoms with Crippen LogP contribution in [0.5, 0.6) is 0 Å². The maximum atomic E-state index is 3.52. The smallest absolute Gasteiger partial charge is 0.0248 e. The maximum absolute atomic E-state index is 3.52. The number of rotatable bonds is 1. The van der Waals surface area contributed by atoms with E-state index in [9.17, 15) is 0 Å². The number of hydrogen-bond acceptors (Lipinski definition) is 0. The summed E-state index contributed by atoms with van der Waals surface area (Å²) in [6.45, 7) is 4.38. The van der Waals surface area contributed by atoms with E-state index < -0.39 is 0 Å². The minimum absolute atomic E-state index is 1.00. The molecule has 1 heteroatoms. The number of halogens is 1. The van der Waals surface area contributed by atoms with E-state index in [-0.39, 0.29) is 0 Å². The maximum Gasteiger partial charge on any atom is 0.0248 e. The van der Waals surface area contributed by atoms with E-state index >= 15 is 0 Å². The van der Waals surface area contributed by atoms with Gasteiger partial charge in [0.05, 0.1) is 0 Å². The first-order chi connectivity index (χ1) is 6.22. The van der Waals surface area contributed by atoms with Crippen molar-refractivity contribution in [3.8, 4) is 0 Å². The molecule has 0 N–H and O–H groups in total. The molecule has 1 aromatic rings. The van der Waals surface area contributed by atoms with E-state index in [1.807, 2.05) is 0 Å². The molecule has 0 nitrogen and oxygen atoms in total. The average molecular weight is 237 g/mol. The third-order valence-corrected chi connectivity index (χ3v) is 3.45.